The maximum Gasteiger partial charge on any atom is 0.135 e. The number of ether oxygens (including phenoxy) is 1. The zero-order chi connectivity index (χ0) is 15.0. The first-order chi connectivity index (χ1) is 10.1. The Hall–Kier alpha value is -1.85. The molecule has 0 aliphatic rings. The number of halogens is 1. The van der Waals surface area contributed by atoms with Crippen LogP contribution in [0.3, 0.4) is 0 Å². The molecule has 1 atom stereocenters. The fraction of sp³-hybridized carbons (Fsp3) is 0.188. The molecular weight excluding hydrogens is 330 g/mol. The van der Waals surface area contributed by atoms with E-state index in [0.717, 1.165) is 32.8 Å². The first-order valence-corrected chi connectivity index (χ1v) is 7.48. The van der Waals surface area contributed by atoms with Gasteiger partial charge in [0.2, 0.25) is 0 Å². The van der Waals surface area contributed by atoms with Crippen LogP contribution in [0.5, 0.6) is 5.75 Å². The van der Waals surface area contributed by atoms with Crippen molar-refractivity contribution in [3.63, 3.8) is 0 Å². The first-order valence-electron chi connectivity index (χ1n) is 6.69. The van der Waals surface area contributed by atoms with E-state index in [2.05, 4.69) is 25.5 Å². The van der Waals surface area contributed by atoms with Crippen LogP contribution >= 0.6 is 15.9 Å². The molecule has 2 aromatic carbocycles. The zero-order valence-corrected chi connectivity index (χ0v) is 13.5. The van der Waals surface area contributed by atoms with Gasteiger partial charge in [0.05, 0.1) is 28.7 Å². The van der Waals surface area contributed by atoms with Crippen molar-refractivity contribution < 1.29 is 4.74 Å². The summed E-state index contributed by atoms with van der Waals surface area (Å²) in [6, 6.07) is 13.8. The highest BCUT2D eigenvalue weighted by Crippen LogP contribution is 2.36. The van der Waals surface area contributed by atoms with Crippen LogP contribution in [0.4, 0.5) is 0 Å². The van der Waals surface area contributed by atoms with Gasteiger partial charge in [-0.15, -0.1) is 0 Å². The van der Waals surface area contributed by atoms with Crippen LogP contribution in [-0.4, -0.2) is 16.7 Å². The van der Waals surface area contributed by atoms with E-state index in [1.54, 1.807) is 7.11 Å². The van der Waals surface area contributed by atoms with Crippen molar-refractivity contribution in [1.29, 1.82) is 0 Å². The van der Waals surface area contributed by atoms with Crippen molar-refractivity contribution in [3.8, 4) is 11.4 Å². The molecule has 3 rings (SSSR count). The van der Waals surface area contributed by atoms with Crippen molar-refractivity contribution in [2.45, 2.75) is 13.0 Å². The van der Waals surface area contributed by atoms with Crippen LogP contribution in [0.2, 0.25) is 0 Å². The number of fused-ring (bicyclic) bond motifs is 1. The van der Waals surface area contributed by atoms with Crippen LogP contribution in [0.1, 0.15) is 18.8 Å². The fourth-order valence-electron chi connectivity index (χ4n) is 2.43. The molecule has 2 N–H and O–H groups in total. The smallest absolute Gasteiger partial charge is 0.135 e. The third-order valence-electron chi connectivity index (χ3n) is 3.39. The number of methoxy groups -OCH3 is 1. The van der Waals surface area contributed by atoms with Crippen molar-refractivity contribution >= 4 is 27.0 Å². The quantitative estimate of drug-likeness (QED) is 0.785. The molecule has 5 heteroatoms. The molecule has 108 valence electrons. The second-order valence-electron chi connectivity index (χ2n) is 4.88. The van der Waals surface area contributed by atoms with Crippen LogP contribution in [0.25, 0.3) is 16.7 Å². The van der Waals surface area contributed by atoms with Gasteiger partial charge in [-0.05, 0) is 47.1 Å². The van der Waals surface area contributed by atoms with Gasteiger partial charge in [0.15, 0.2) is 0 Å². The number of imidazole rings is 1. The Kier molecular flexibility index (Phi) is 3.69. The highest BCUT2D eigenvalue weighted by molar-refractivity contribution is 9.10. The Labute approximate surface area is 131 Å². The van der Waals surface area contributed by atoms with E-state index in [4.69, 9.17) is 10.5 Å². The third-order valence-corrected chi connectivity index (χ3v) is 4.16. The second kappa shape index (κ2) is 5.50. The molecule has 21 heavy (non-hydrogen) atoms. The lowest BCUT2D eigenvalue weighted by molar-refractivity contribution is 0.412. The van der Waals surface area contributed by atoms with Gasteiger partial charge in [-0.25, -0.2) is 4.98 Å². The Balaban J connectivity index is 2.41. The Morgan fingerprint density at radius 1 is 1.19 bits per heavy atom. The number of benzene rings is 2. The van der Waals surface area contributed by atoms with Crippen LogP contribution in [0, 0.1) is 0 Å². The zero-order valence-electron chi connectivity index (χ0n) is 11.9. The molecule has 0 amide bonds. The number of hydrogen-bond donors (Lipinski definition) is 1. The Bertz CT molecular complexity index is 781. The van der Waals surface area contributed by atoms with E-state index < -0.39 is 0 Å². The minimum atomic E-state index is -0.171. The number of nitrogens with two attached hydrogens (primary N) is 1. The van der Waals surface area contributed by atoms with E-state index >= 15 is 0 Å². The maximum absolute atomic E-state index is 6.11. The molecule has 0 spiro atoms. The van der Waals surface area contributed by atoms with Crippen LogP contribution < -0.4 is 10.5 Å². The average molecular weight is 346 g/mol. The Morgan fingerprint density at radius 3 is 2.52 bits per heavy atom. The van der Waals surface area contributed by atoms with Crippen LogP contribution in [-0.2, 0) is 0 Å². The molecule has 1 aromatic heterocycles. The summed E-state index contributed by atoms with van der Waals surface area (Å²) in [5.41, 5.74) is 8.99. The largest absolute Gasteiger partial charge is 0.495 e. The molecule has 4 nitrogen and oxygen atoms in total. The number of nitrogens with zero attached hydrogens (tertiary/aromatic N) is 2. The molecule has 0 saturated heterocycles. The molecular formula is C16H16BrN3O. The van der Waals surface area contributed by atoms with E-state index in [-0.39, 0.29) is 6.04 Å². The van der Waals surface area contributed by atoms with Gasteiger partial charge in [0.1, 0.15) is 11.6 Å². The van der Waals surface area contributed by atoms with E-state index in [1.807, 2.05) is 49.4 Å². The number of aromatic nitrogens is 2. The van der Waals surface area contributed by atoms with Gasteiger partial charge in [-0.2, -0.15) is 0 Å². The topological polar surface area (TPSA) is 53.1 Å². The minimum absolute atomic E-state index is 0.171. The fourth-order valence-corrected chi connectivity index (χ4v) is 3.10. The summed E-state index contributed by atoms with van der Waals surface area (Å²) < 4.78 is 8.35. The molecule has 0 saturated carbocycles. The summed E-state index contributed by atoms with van der Waals surface area (Å²) in [6.45, 7) is 1.94. The lowest BCUT2D eigenvalue weighted by Crippen LogP contribution is -2.12. The summed E-state index contributed by atoms with van der Waals surface area (Å²) in [7, 11) is 1.65. The van der Waals surface area contributed by atoms with Gasteiger partial charge in [0.25, 0.3) is 0 Å². The summed E-state index contributed by atoms with van der Waals surface area (Å²) in [5.74, 6) is 1.60. The molecule has 3 aromatic rings. The number of para-hydroxylation sites is 1. The average Bonchev–Trinajstić information content (AvgIpc) is 2.89. The van der Waals surface area contributed by atoms with Gasteiger partial charge >= 0.3 is 0 Å². The summed E-state index contributed by atoms with van der Waals surface area (Å²) in [6.07, 6.45) is 0. The lowest BCUT2D eigenvalue weighted by atomic mass is 10.2. The van der Waals surface area contributed by atoms with Crippen molar-refractivity contribution in [3.05, 3.63) is 52.8 Å². The van der Waals surface area contributed by atoms with Gasteiger partial charge in [0, 0.05) is 5.69 Å². The highest BCUT2D eigenvalue weighted by Gasteiger charge is 2.19. The molecule has 0 aliphatic heterocycles. The molecule has 0 unspecified atom stereocenters. The maximum atomic E-state index is 6.11. The molecule has 0 aliphatic carbocycles. The van der Waals surface area contributed by atoms with Gasteiger partial charge in [-0.1, -0.05) is 18.2 Å². The predicted octanol–water partition coefficient (Wildman–Crippen LogP) is 3.82. The first kappa shape index (κ1) is 14.1. The molecule has 1 heterocycles. The van der Waals surface area contributed by atoms with E-state index in [0.29, 0.717) is 0 Å². The normalized spacial score (nSPS) is 12.6. The SMILES string of the molecule is COc1ccc2nc([C@H](C)N)n(-c3ccccc3)c2c1Br. The van der Waals surface area contributed by atoms with E-state index in [9.17, 15) is 0 Å². The van der Waals surface area contributed by atoms with Gasteiger partial charge in [-0.3, -0.25) is 4.57 Å². The summed E-state index contributed by atoms with van der Waals surface area (Å²) >= 11 is 3.63. The molecule has 0 fully saturated rings. The minimum Gasteiger partial charge on any atom is -0.495 e. The molecule has 0 bridgehead atoms. The second-order valence-corrected chi connectivity index (χ2v) is 5.67. The van der Waals surface area contributed by atoms with Crippen molar-refractivity contribution in [2.75, 3.05) is 7.11 Å². The van der Waals surface area contributed by atoms with Crippen LogP contribution in [0.15, 0.2) is 46.9 Å². The standard InChI is InChI=1S/C16H16BrN3O/c1-10(18)16-19-12-8-9-13(21-2)14(17)15(12)20(16)11-6-4-3-5-7-11/h3-10H,18H2,1-2H3/t10-/m0/s1. The third kappa shape index (κ3) is 2.32. The number of rotatable bonds is 3. The van der Waals surface area contributed by atoms with E-state index in [1.165, 1.54) is 0 Å². The summed E-state index contributed by atoms with van der Waals surface area (Å²) in [4.78, 5) is 4.68. The Morgan fingerprint density at radius 2 is 1.90 bits per heavy atom. The monoisotopic (exact) mass is 345 g/mol. The van der Waals surface area contributed by atoms with Crippen molar-refractivity contribution in [1.82, 2.24) is 9.55 Å². The lowest BCUT2D eigenvalue weighted by Gasteiger charge is -2.13. The summed E-state index contributed by atoms with van der Waals surface area (Å²) in [5, 5.41) is 0. The highest BCUT2D eigenvalue weighted by atomic mass is 79.9. The van der Waals surface area contributed by atoms with Gasteiger partial charge < -0.3 is 10.5 Å². The van der Waals surface area contributed by atoms with Crippen molar-refractivity contribution in [2.24, 2.45) is 5.73 Å². The molecule has 0 radical (unpaired) electrons. The number of hydrogen-bond acceptors (Lipinski definition) is 3. The predicted molar refractivity (Wildman–Crippen MR) is 87.9 cm³/mol.